The summed E-state index contributed by atoms with van der Waals surface area (Å²) in [6.07, 6.45) is 0. The van der Waals surface area contributed by atoms with Crippen LogP contribution in [0, 0.1) is 0 Å². The SMILES string of the molecule is CC(=O)c1csc(-c2ccc(C(C)(C)C)cc2)c1O.O=C(O)c1ccccc1. The first-order chi connectivity index (χ1) is 13.1. The lowest BCUT2D eigenvalue weighted by Crippen LogP contribution is -2.10. The van der Waals surface area contributed by atoms with Crippen LogP contribution >= 0.6 is 11.3 Å². The molecule has 1 heterocycles. The molecule has 0 saturated carbocycles. The van der Waals surface area contributed by atoms with Crippen molar-refractivity contribution in [3.8, 4) is 16.2 Å². The Morgan fingerprint density at radius 2 is 1.50 bits per heavy atom. The Kier molecular flexibility index (Phi) is 6.75. The van der Waals surface area contributed by atoms with Gasteiger partial charge < -0.3 is 10.2 Å². The first-order valence-corrected chi connectivity index (χ1v) is 9.70. The van der Waals surface area contributed by atoms with E-state index in [1.54, 1.807) is 35.7 Å². The molecule has 0 saturated heterocycles. The van der Waals surface area contributed by atoms with Crippen molar-refractivity contribution in [1.82, 2.24) is 0 Å². The summed E-state index contributed by atoms with van der Waals surface area (Å²) in [4.78, 5) is 22.3. The predicted molar refractivity (Wildman–Crippen MR) is 114 cm³/mol. The van der Waals surface area contributed by atoms with Crippen LogP contribution in [0.5, 0.6) is 5.75 Å². The molecule has 146 valence electrons. The molecule has 0 amide bonds. The second kappa shape index (κ2) is 8.85. The highest BCUT2D eigenvalue weighted by atomic mass is 32.1. The standard InChI is InChI=1S/C16H18O2S.C7H6O2/c1-10(17)13-9-19-15(14(13)18)11-5-7-12(8-6-11)16(2,3)4;8-7(9)6-4-2-1-3-5-6/h5-9,18H,1-4H3;1-5H,(H,8,9). The molecule has 2 aromatic carbocycles. The summed E-state index contributed by atoms with van der Waals surface area (Å²) < 4.78 is 0. The fraction of sp³-hybridized carbons (Fsp3) is 0.217. The number of aromatic carboxylic acids is 1. The molecule has 2 N–H and O–H groups in total. The van der Waals surface area contributed by atoms with Crippen molar-refractivity contribution in [2.45, 2.75) is 33.1 Å². The monoisotopic (exact) mass is 396 g/mol. The summed E-state index contributed by atoms with van der Waals surface area (Å²) in [6, 6.07) is 16.4. The Balaban J connectivity index is 0.000000261. The van der Waals surface area contributed by atoms with Crippen LogP contribution in [0.15, 0.2) is 60.0 Å². The van der Waals surface area contributed by atoms with Crippen molar-refractivity contribution >= 4 is 23.1 Å². The summed E-state index contributed by atoms with van der Waals surface area (Å²) in [5, 5.41) is 20.2. The van der Waals surface area contributed by atoms with Crippen LogP contribution < -0.4 is 0 Å². The van der Waals surface area contributed by atoms with Gasteiger partial charge in [0.2, 0.25) is 0 Å². The number of carboxylic acids is 1. The van der Waals surface area contributed by atoms with Crippen molar-refractivity contribution in [2.24, 2.45) is 0 Å². The maximum absolute atomic E-state index is 11.3. The molecule has 3 aromatic rings. The van der Waals surface area contributed by atoms with E-state index in [-0.39, 0.29) is 16.9 Å². The topological polar surface area (TPSA) is 74.6 Å². The predicted octanol–water partition coefficient (Wildman–Crippen LogP) is 6.01. The highest BCUT2D eigenvalue weighted by molar-refractivity contribution is 7.14. The third kappa shape index (κ3) is 5.30. The van der Waals surface area contributed by atoms with E-state index in [1.807, 2.05) is 12.1 Å². The van der Waals surface area contributed by atoms with Crippen LogP contribution in [0.1, 0.15) is 54.0 Å². The molecule has 4 nitrogen and oxygen atoms in total. The van der Waals surface area contributed by atoms with E-state index < -0.39 is 5.97 Å². The summed E-state index contributed by atoms with van der Waals surface area (Å²) in [5.41, 5.74) is 3.04. The second-order valence-corrected chi connectivity index (χ2v) is 8.26. The Labute approximate surface area is 169 Å². The van der Waals surface area contributed by atoms with Crippen LogP contribution in [0.3, 0.4) is 0 Å². The van der Waals surface area contributed by atoms with Crippen LogP contribution in [-0.4, -0.2) is 22.0 Å². The first kappa shape index (κ1) is 21.4. The van der Waals surface area contributed by atoms with Crippen molar-refractivity contribution in [1.29, 1.82) is 0 Å². The third-order valence-electron chi connectivity index (χ3n) is 4.18. The molecule has 28 heavy (non-hydrogen) atoms. The summed E-state index contributed by atoms with van der Waals surface area (Å²) in [6.45, 7) is 7.96. The Morgan fingerprint density at radius 1 is 0.929 bits per heavy atom. The van der Waals surface area contributed by atoms with Gasteiger partial charge >= 0.3 is 5.97 Å². The number of carbonyl (C=O) groups excluding carboxylic acids is 1. The quantitative estimate of drug-likeness (QED) is 0.532. The molecule has 0 bridgehead atoms. The molecule has 0 unspecified atom stereocenters. The number of hydrogen-bond acceptors (Lipinski definition) is 4. The van der Waals surface area contributed by atoms with E-state index in [0.717, 1.165) is 10.4 Å². The summed E-state index contributed by atoms with van der Waals surface area (Å²) >= 11 is 1.40. The molecule has 1 aromatic heterocycles. The molecule has 0 spiro atoms. The normalized spacial score (nSPS) is 10.7. The van der Waals surface area contributed by atoms with Gasteiger partial charge in [0, 0.05) is 5.38 Å². The zero-order chi connectivity index (χ0) is 20.9. The maximum Gasteiger partial charge on any atom is 0.335 e. The van der Waals surface area contributed by atoms with Gasteiger partial charge in [-0.25, -0.2) is 4.79 Å². The van der Waals surface area contributed by atoms with E-state index in [9.17, 15) is 14.7 Å². The highest BCUT2D eigenvalue weighted by Crippen LogP contribution is 2.39. The average molecular weight is 397 g/mol. The highest BCUT2D eigenvalue weighted by Gasteiger charge is 2.17. The molecule has 0 aliphatic heterocycles. The minimum atomic E-state index is -0.879. The Morgan fingerprint density at radius 3 is 1.89 bits per heavy atom. The van der Waals surface area contributed by atoms with Crippen LogP contribution in [0.2, 0.25) is 0 Å². The number of rotatable bonds is 3. The van der Waals surface area contributed by atoms with Gasteiger partial charge in [-0.15, -0.1) is 11.3 Å². The Bertz CT molecular complexity index is 949. The van der Waals surface area contributed by atoms with E-state index in [2.05, 4.69) is 32.9 Å². The van der Waals surface area contributed by atoms with Gasteiger partial charge in [-0.3, -0.25) is 4.79 Å². The van der Waals surface area contributed by atoms with Crippen molar-refractivity contribution in [3.63, 3.8) is 0 Å². The van der Waals surface area contributed by atoms with Crippen molar-refractivity contribution < 1.29 is 19.8 Å². The molecule has 0 atom stereocenters. The number of Topliss-reactive ketones (excluding diaryl/α,β-unsaturated/α-hetero) is 1. The zero-order valence-corrected chi connectivity index (χ0v) is 17.2. The van der Waals surface area contributed by atoms with Crippen LogP contribution in [-0.2, 0) is 5.41 Å². The number of ketones is 1. The number of thiophene rings is 1. The number of benzene rings is 2. The summed E-state index contributed by atoms with van der Waals surface area (Å²) in [5.74, 6) is -0.886. The van der Waals surface area contributed by atoms with Crippen molar-refractivity contribution in [3.05, 3.63) is 76.7 Å². The smallest absolute Gasteiger partial charge is 0.335 e. The Hall–Kier alpha value is -2.92. The van der Waals surface area contributed by atoms with Gasteiger partial charge in [-0.1, -0.05) is 63.2 Å². The number of carbonyl (C=O) groups is 2. The van der Waals surface area contributed by atoms with Gasteiger partial charge in [-0.05, 0) is 35.6 Å². The zero-order valence-electron chi connectivity index (χ0n) is 16.4. The molecule has 0 radical (unpaired) electrons. The lowest BCUT2D eigenvalue weighted by molar-refractivity contribution is 0.0696. The third-order valence-corrected chi connectivity index (χ3v) is 5.20. The molecule has 0 fully saturated rings. The van der Waals surface area contributed by atoms with Crippen LogP contribution in [0.25, 0.3) is 10.4 Å². The molecule has 5 heteroatoms. The first-order valence-electron chi connectivity index (χ1n) is 8.82. The average Bonchev–Trinajstić information content (AvgIpc) is 3.04. The fourth-order valence-corrected chi connectivity index (χ4v) is 3.52. The van der Waals surface area contributed by atoms with E-state index in [1.165, 1.54) is 23.8 Å². The number of hydrogen-bond donors (Lipinski definition) is 2. The maximum atomic E-state index is 11.3. The molecular weight excluding hydrogens is 372 g/mol. The number of aromatic hydroxyl groups is 1. The second-order valence-electron chi connectivity index (χ2n) is 7.38. The van der Waals surface area contributed by atoms with E-state index in [4.69, 9.17) is 5.11 Å². The molecular formula is C23H24O4S. The van der Waals surface area contributed by atoms with E-state index >= 15 is 0 Å². The lowest BCUT2D eigenvalue weighted by atomic mass is 9.86. The van der Waals surface area contributed by atoms with Gasteiger partial charge in [0.1, 0.15) is 5.75 Å². The minimum absolute atomic E-state index is 0.0982. The molecule has 0 aliphatic rings. The molecule has 3 rings (SSSR count). The van der Waals surface area contributed by atoms with Gasteiger partial charge in [0.15, 0.2) is 5.78 Å². The largest absolute Gasteiger partial charge is 0.506 e. The van der Waals surface area contributed by atoms with Crippen molar-refractivity contribution in [2.75, 3.05) is 0 Å². The van der Waals surface area contributed by atoms with Gasteiger partial charge in [0.05, 0.1) is 16.0 Å². The fourth-order valence-electron chi connectivity index (χ4n) is 2.51. The molecule has 0 aliphatic carbocycles. The summed E-state index contributed by atoms with van der Waals surface area (Å²) in [7, 11) is 0. The lowest BCUT2D eigenvalue weighted by Gasteiger charge is -2.19. The van der Waals surface area contributed by atoms with Gasteiger partial charge in [-0.2, -0.15) is 0 Å². The number of carboxylic acid groups (broad SMARTS) is 1. The minimum Gasteiger partial charge on any atom is -0.506 e. The van der Waals surface area contributed by atoms with Crippen LogP contribution in [0.4, 0.5) is 0 Å². The van der Waals surface area contributed by atoms with Gasteiger partial charge in [0.25, 0.3) is 0 Å². The van der Waals surface area contributed by atoms with E-state index in [0.29, 0.717) is 11.1 Å².